The third kappa shape index (κ3) is 1.36. The fraction of sp³-hybridized carbons (Fsp3) is 0.333. The van der Waals surface area contributed by atoms with E-state index in [-0.39, 0.29) is 11.5 Å². The van der Waals surface area contributed by atoms with E-state index in [1.807, 2.05) is 18.2 Å². The normalized spacial score (nSPS) is 17.9. The van der Waals surface area contributed by atoms with Crippen LogP contribution in [0.15, 0.2) is 23.0 Å². The second-order valence-electron chi connectivity index (χ2n) is 4.47. The Balaban J connectivity index is 2.17. The summed E-state index contributed by atoms with van der Waals surface area (Å²) in [6.45, 7) is 2.41. The molecule has 2 N–H and O–H groups in total. The quantitative estimate of drug-likeness (QED) is 0.800. The molecule has 0 saturated carbocycles. The minimum absolute atomic E-state index is 0.0981. The van der Waals surface area contributed by atoms with Crippen LogP contribution >= 0.6 is 0 Å². The number of imidazole rings is 1. The standard InChI is InChI=1S/C12H12N2O3/c1-7(15)12(5-17-6-12)8-2-3-9-10(4-8)14-11(16)13-9/h2-4H,5-6H2,1H3,(H2,13,14,16). The molecule has 5 heteroatoms. The van der Waals surface area contributed by atoms with Gasteiger partial charge < -0.3 is 14.7 Å². The van der Waals surface area contributed by atoms with E-state index < -0.39 is 5.41 Å². The average Bonchev–Trinajstić information content (AvgIpc) is 2.54. The van der Waals surface area contributed by atoms with Crippen LogP contribution in [0, 0.1) is 0 Å². The van der Waals surface area contributed by atoms with E-state index in [1.54, 1.807) is 6.92 Å². The highest BCUT2D eigenvalue weighted by atomic mass is 16.5. The highest BCUT2D eigenvalue weighted by Gasteiger charge is 2.44. The van der Waals surface area contributed by atoms with E-state index in [4.69, 9.17) is 4.74 Å². The SMILES string of the molecule is CC(=O)C1(c2ccc3[nH]c(=O)[nH]c3c2)COC1. The Morgan fingerprint density at radius 2 is 2.00 bits per heavy atom. The Bertz CT molecular complexity index is 649. The lowest BCUT2D eigenvalue weighted by Crippen LogP contribution is -2.52. The molecule has 0 amide bonds. The summed E-state index contributed by atoms with van der Waals surface area (Å²) in [4.78, 5) is 28.3. The van der Waals surface area contributed by atoms with Crippen LogP contribution in [0.3, 0.4) is 0 Å². The summed E-state index contributed by atoms with van der Waals surface area (Å²) in [5, 5.41) is 0. The number of fused-ring (bicyclic) bond motifs is 1. The molecule has 0 aliphatic carbocycles. The van der Waals surface area contributed by atoms with E-state index in [0.29, 0.717) is 13.2 Å². The summed E-state index contributed by atoms with van der Waals surface area (Å²) < 4.78 is 5.17. The topological polar surface area (TPSA) is 75.0 Å². The van der Waals surface area contributed by atoms with E-state index in [1.165, 1.54) is 0 Å². The van der Waals surface area contributed by atoms with E-state index in [0.717, 1.165) is 16.6 Å². The van der Waals surface area contributed by atoms with Gasteiger partial charge in [-0.3, -0.25) is 4.79 Å². The molecule has 1 aliphatic rings. The lowest BCUT2D eigenvalue weighted by molar-refractivity contribution is -0.140. The number of H-pyrrole nitrogens is 2. The Labute approximate surface area is 96.8 Å². The van der Waals surface area contributed by atoms with Gasteiger partial charge in [0.15, 0.2) is 0 Å². The first-order chi connectivity index (χ1) is 8.12. The lowest BCUT2D eigenvalue weighted by Gasteiger charge is -2.39. The number of carbonyl (C=O) groups excluding carboxylic acids is 1. The first kappa shape index (κ1) is 10.3. The number of hydrogen-bond donors (Lipinski definition) is 2. The number of nitrogens with one attached hydrogen (secondary N) is 2. The van der Waals surface area contributed by atoms with Gasteiger partial charge in [0.1, 0.15) is 11.2 Å². The summed E-state index contributed by atoms with van der Waals surface area (Å²) >= 11 is 0. The van der Waals surface area contributed by atoms with Crippen LogP contribution in [0.2, 0.25) is 0 Å². The Morgan fingerprint density at radius 3 is 2.59 bits per heavy atom. The molecule has 0 spiro atoms. The molecule has 2 aromatic rings. The number of ketones is 1. The van der Waals surface area contributed by atoms with Gasteiger partial charge in [0.25, 0.3) is 0 Å². The molecule has 5 nitrogen and oxygen atoms in total. The summed E-state index contributed by atoms with van der Waals surface area (Å²) in [7, 11) is 0. The van der Waals surface area contributed by atoms with Gasteiger partial charge in [-0.25, -0.2) is 4.79 Å². The Morgan fingerprint density at radius 1 is 1.29 bits per heavy atom. The van der Waals surface area contributed by atoms with Crippen LogP contribution in [0.4, 0.5) is 0 Å². The third-order valence-corrected chi connectivity index (χ3v) is 3.44. The highest BCUT2D eigenvalue weighted by Crippen LogP contribution is 2.34. The molecular formula is C12H12N2O3. The largest absolute Gasteiger partial charge is 0.378 e. The van der Waals surface area contributed by atoms with Gasteiger partial charge in [-0.1, -0.05) is 6.07 Å². The fourth-order valence-electron chi connectivity index (χ4n) is 2.21. The predicted octanol–water partition coefficient (Wildman–Crippen LogP) is 0.713. The summed E-state index contributed by atoms with van der Waals surface area (Å²) in [5.41, 5.74) is 1.61. The predicted molar refractivity (Wildman–Crippen MR) is 62.1 cm³/mol. The molecule has 0 radical (unpaired) electrons. The van der Waals surface area contributed by atoms with Crippen molar-refractivity contribution in [3.63, 3.8) is 0 Å². The van der Waals surface area contributed by atoms with Crippen LogP contribution < -0.4 is 5.69 Å². The Kier molecular flexibility index (Phi) is 2.00. The molecular weight excluding hydrogens is 220 g/mol. The maximum Gasteiger partial charge on any atom is 0.323 e. The molecule has 1 fully saturated rings. The van der Waals surface area contributed by atoms with Crippen LogP contribution in [0.1, 0.15) is 12.5 Å². The van der Waals surface area contributed by atoms with Crippen molar-refractivity contribution in [2.75, 3.05) is 13.2 Å². The second kappa shape index (κ2) is 3.30. The van der Waals surface area contributed by atoms with Gasteiger partial charge in [-0.2, -0.15) is 0 Å². The number of carbonyl (C=O) groups is 1. The van der Waals surface area contributed by atoms with Crippen molar-refractivity contribution in [3.8, 4) is 0 Å². The van der Waals surface area contributed by atoms with Crippen molar-refractivity contribution in [3.05, 3.63) is 34.2 Å². The number of rotatable bonds is 2. The zero-order chi connectivity index (χ0) is 12.0. The number of ether oxygens (including phenoxy) is 1. The molecule has 2 heterocycles. The lowest BCUT2D eigenvalue weighted by atomic mass is 9.75. The van der Waals surface area contributed by atoms with E-state index in [2.05, 4.69) is 9.97 Å². The molecule has 0 unspecified atom stereocenters. The molecule has 1 saturated heterocycles. The summed E-state index contributed by atoms with van der Waals surface area (Å²) in [6.07, 6.45) is 0. The first-order valence-corrected chi connectivity index (χ1v) is 5.43. The van der Waals surface area contributed by atoms with Crippen LogP contribution in [-0.2, 0) is 14.9 Å². The third-order valence-electron chi connectivity index (χ3n) is 3.44. The number of aromatic amines is 2. The van der Waals surface area contributed by atoms with Gasteiger partial charge in [0.2, 0.25) is 0 Å². The van der Waals surface area contributed by atoms with Crippen molar-refractivity contribution >= 4 is 16.8 Å². The zero-order valence-corrected chi connectivity index (χ0v) is 9.37. The molecule has 1 aliphatic heterocycles. The van der Waals surface area contributed by atoms with Gasteiger partial charge in [0, 0.05) is 0 Å². The average molecular weight is 232 g/mol. The zero-order valence-electron chi connectivity index (χ0n) is 9.37. The number of aromatic nitrogens is 2. The van der Waals surface area contributed by atoms with Gasteiger partial charge in [0.05, 0.1) is 24.2 Å². The molecule has 0 bridgehead atoms. The number of hydrogen-bond acceptors (Lipinski definition) is 3. The summed E-state index contributed by atoms with van der Waals surface area (Å²) in [6, 6.07) is 5.53. The van der Waals surface area contributed by atoms with E-state index in [9.17, 15) is 9.59 Å². The second-order valence-corrected chi connectivity index (χ2v) is 4.47. The molecule has 0 atom stereocenters. The van der Waals surface area contributed by atoms with E-state index >= 15 is 0 Å². The molecule has 3 rings (SSSR count). The maximum atomic E-state index is 11.7. The smallest absolute Gasteiger partial charge is 0.323 e. The molecule has 1 aromatic carbocycles. The van der Waals surface area contributed by atoms with Gasteiger partial charge >= 0.3 is 5.69 Å². The maximum absolute atomic E-state index is 11.7. The fourth-order valence-corrected chi connectivity index (χ4v) is 2.21. The minimum Gasteiger partial charge on any atom is -0.378 e. The van der Waals surface area contributed by atoms with Crippen molar-refractivity contribution < 1.29 is 9.53 Å². The van der Waals surface area contributed by atoms with Crippen molar-refractivity contribution in [1.82, 2.24) is 9.97 Å². The summed E-state index contributed by atoms with van der Waals surface area (Å²) in [5.74, 6) is 0.0981. The molecule has 88 valence electrons. The van der Waals surface area contributed by atoms with Crippen molar-refractivity contribution in [2.45, 2.75) is 12.3 Å². The van der Waals surface area contributed by atoms with Crippen LogP contribution in [-0.4, -0.2) is 29.0 Å². The highest BCUT2D eigenvalue weighted by molar-refractivity contribution is 5.90. The Hall–Kier alpha value is -1.88. The minimum atomic E-state index is -0.525. The van der Waals surface area contributed by atoms with Crippen molar-refractivity contribution in [1.29, 1.82) is 0 Å². The first-order valence-electron chi connectivity index (χ1n) is 5.43. The number of benzene rings is 1. The van der Waals surface area contributed by atoms with Gasteiger partial charge in [-0.15, -0.1) is 0 Å². The van der Waals surface area contributed by atoms with Gasteiger partial charge in [-0.05, 0) is 24.6 Å². The van der Waals surface area contributed by atoms with Crippen molar-refractivity contribution in [2.24, 2.45) is 0 Å². The van der Waals surface area contributed by atoms with Crippen LogP contribution in [0.25, 0.3) is 11.0 Å². The number of Topliss-reactive ketones (excluding diaryl/α,β-unsaturated/α-hetero) is 1. The monoisotopic (exact) mass is 232 g/mol. The molecule has 1 aromatic heterocycles. The molecule has 17 heavy (non-hydrogen) atoms. The van der Waals surface area contributed by atoms with Crippen LogP contribution in [0.5, 0.6) is 0 Å².